The van der Waals surface area contributed by atoms with E-state index in [0.717, 1.165) is 13.0 Å². The van der Waals surface area contributed by atoms with Crippen LogP contribution in [0.1, 0.15) is 26.2 Å². The molecular formula is C14H29NO4. The Morgan fingerprint density at radius 3 is 2.32 bits per heavy atom. The molecule has 1 aliphatic carbocycles. The highest BCUT2D eigenvalue weighted by atomic mass is 16.6. The zero-order valence-corrected chi connectivity index (χ0v) is 12.4. The van der Waals surface area contributed by atoms with Crippen LogP contribution >= 0.6 is 0 Å². The van der Waals surface area contributed by atoms with E-state index in [0.29, 0.717) is 51.8 Å². The molecule has 1 saturated carbocycles. The molecule has 5 nitrogen and oxygen atoms in total. The number of nitrogens with one attached hydrogen (secondary N) is 1. The molecule has 5 heteroatoms. The first-order valence-corrected chi connectivity index (χ1v) is 7.38. The van der Waals surface area contributed by atoms with Crippen molar-refractivity contribution in [2.75, 3.05) is 53.3 Å². The van der Waals surface area contributed by atoms with E-state index in [2.05, 4.69) is 12.2 Å². The first-order valence-electron chi connectivity index (χ1n) is 7.38. The fourth-order valence-corrected chi connectivity index (χ4v) is 2.34. The molecule has 2 unspecified atom stereocenters. The largest absolute Gasteiger partial charge is 0.382 e. The highest BCUT2D eigenvalue weighted by Gasteiger charge is 2.26. The number of methoxy groups -OCH3 is 1. The molecular weight excluding hydrogens is 246 g/mol. The highest BCUT2D eigenvalue weighted by molar-refractivity contribution is 4.83. The van der Waals surface area contributed by atoms with Crippen molar-refractivity contribution in [1.82, 2.24) is 5.32 Å². The summed E-state index contributed by atoms with van der Waals surface area (Å²) in [5, 5.41) is 3.48. The first kappa shape index (κ1) is 16.9. The van der Waals surface area contributed by atoms with Gasteiger partial charge in [0.2, 0.25) is 0 Å². The summed E-state index contributed by atoms with van der Waals surface area (Å²) < 4.78 is 21.5. The second kappa shape index (κ2) is 11.6. The molecule has 1 N–H and O–H groups in total. The lowest BCUT2D eigenvalue weighted by molar-refractivity contribution is -0.0204. The standard InChI is InChI=1S/C14H29NO4/c1-3-15-13-5-4-6-14(13)19-12-11-18-10-9-17-8-7-16-2/h13-15H,3-12H2,1-2H3. The molecule has 0 spiro atoms. The number of rotatable bonds is 12. The Bertz CT molecular complexity index is 204. The normalized spacial score (nSPS) is 23.1. The summed E-state index contributed by atoms with van der Waals surface area (Å²) in [5.74, 6) is 0. The minimum atomic E-state index is 0.363. The van der Waals surface area contributed by atoms with Gasteiger partial charge in [-0.15, -0.1) is 0 Å². The number of hydrogen-bond acceptors (Lipinski definition) is 5. The Kier molecular flexibility index (Phi) is 10.3. The highest BCUT2D eigenvalue weighted by Crippen LogP contribution is 2.21. The second-order valence-electron chi connectivity index (χ2n) is 4.72. The SMILES string of the molecule is CCNC1CCCC1OCCOCCOCCOC. The van der Waals surface area contributed by atoms with Crippen LogP contribution in [0, 0.1) is 0 Å². The third-order valence-electron chi connectivity index (χ3n) is 3.28. The molecule has 0 aromatic carbocycles. The van der Waals surface area contributed by atoms with E-state index in [1.54, 1.807) is 7.11 Å². The maximum absolute atomic E-state index is 5.86. The van der Waals surface area contributed by atoms with Gasteiger partial charge in [-0.05, 0) is 25.8 Å². The van der Waals surface area contributed by atoms with Gasteiger partial charge < -0.3 is 24.3 Å². The Balaban J connectivity index is 1.87. The van der Waals surface area contributed by atoms with Gasteiger partial charge in [0.05, 0.1) is 45.7 Å². The molecule has 2 atom stereocenters. The van der Waals surface area contributed by atoms with Gasteiger partial charge in [0, 0.05) is 13.2 Å². The smallest absolute Gasteiger partial charge is 0.0729 e. The summed E-state index contributed by atoms with van der Waals surface area (Å²) in [4.78, 5) is 0. The van der Waals surface area contributed by atoms with Crippen molar-refractivity contribution in [2.45, 2.75) is 38.3 Å². The average Bonchev–Trinajstić information content (AvgIpc) is 2.85. The molecule has 1 aliphatic rings. The van der Waals surface area contributed by atoms with E-state index >= 15 is 0 Å². The number of likely N-dealkylation sites (N-methyl/N-ethyl adjacent to an activating group) is 1. The van der Waals surface area contributed by atoms with E-state index in [4.69, 9.17) is 18.9 Å². The van der Waals surface area contributed by atoms with Crippen molar-refractivity contribution < 1.29 is 18.9 Å². The van der Waals surface area contributed by atoms with Crippen molar-refractivity contribution in [2.24, 2.45) is 0 Å². The van der Waals surface area contributed by atoms with Crippen LogP contribution < -0.4 is 5.32 Å². The fourth-order valence-electron chi connectivity index (χ4n) is 2.34. The van der Waals surface area contributed by atoms with Crippen LogP contribution in [-0.4, -0.2) is 65.4 Å². The minimum absolute atomic E-state index is 0.363. The van der Waals surface area contributed by atoms with Gasteiger partial charge in [0.15, 0.2) is 0 Å². The van der Waals surface area contributed by atoms with Crippen LogP contribution in [0.25, 0.3) is 0 Å². The van der Waals surface area contributed by atoms with E-state index < -0.39 is 0 Å². The molecule has 19 heavy (non-hydrogen) atoms. The monoisotopic (exact) mass is 275 g/mol. The van der Waals surface area contributed by atoms with Crippen LogP contribution in [0.3, 0.4) is 0 Å². The van der Waals surface area contributed by atoms with Gasteiger partial charge >= 0.3 is 0 Å². The summed E-state index contributed by atoms with van der Waals surface area (Å²) in [7, 11) is 1.67. The van der Waals surface area contributed by atoms with Gasteiger partial charge in [-0.2, -0.15) is 0 Å². The molecule has 0 heterocycles. The summed E-state index contributed by atoms with van der Waals surface area (Å²) in [6, 6.07) is 0.530. The quantitative estimate of drug-likeness (QED) is 0.543. The van der Waals surface area contributed by atoms with E-state index in [9.17, 15) is 0 Å². The lowest BCUT2D eigenvalue weighted by atomic mass is 10.2. The molecule has 1 fully saturated rings. The van der Waals surface area contributed by atoms with Gasteiger partial charge in [-0.25, -0.2) is 0 Å². The van der Waals surface area contributed by atoms with Gasteiger partial charge in [0.25, 0.3) is 0 Å². The predicted octanol–water partition coefficient (Wildman–Crippen LogP) is 1.21. The number of hydrogen-bond donors (Lipinski definition) is 1. The lowest BCUT2D eigenvalue weighted by Gasteiger charge is -2.20. The fraction of sp³-hybridized carbons (Fsp3) is 1.00. The lowest BCUT2D eigenvalue weighted by Crippen LogP contribution is -2.37. The summed E-state index contributed by atoms with van der Waals surface area (Å²) >= 11 is 0. The molecule has 0 aromatic rings. The zero-order valence-electron chi connectivity index (χ0n) is 12.4. The van der Waals surface area contributed by atoms with Crippen LogP contribution in [-0.2, 0) is 18.9 Å². The van der Waals surface area contributed by atoms with Crippen LogP contribution in [0.15, 0.2) is 0 Å². The van der Waals surface area contributed by atoms with Crippen LogP contribution in [0.2, 0.25) is 0 Å². The van der Waals surface area contributed by atoms with Crippen molar-refractivity contribution >= 4 is 0 Å². The molecule has 0 radical (unpaired) electrons. The Morgan fingerprint density at radius 1 is 0.947 bits per heavy atom. The van der Waals surface area contributed by atoms with Crippen molar-refractivity contribution in [1.29, 1.82) is 0 Å². The average molecular weight is 275 g/mol. The Hall–Kier alpha value is -0.200. The van der Waals surface area contributed by atoms with Gasteiger partial charge in [-0.1, -0.05) is 6.92 Å². The molecule has 0 bridgehead atoms. The number of ether oxygens (including phenoxy) is 4. The summed E-state index contributed by atoms with van der Waals surface area (Å²) in [6.45, 7) is 6.97. The molecule has 0 aromatic heterocycles. The Labute approximate surface area is 116 Å². The zero-order chi connectivity index (χ0) is 13.8. The summed E-state index contributed by atoms with van der Waals surface area (Å²) in [5.41, 5.74) is 0. The Morgan fingerprint density at radius 2 is 1.63 bits per heavy atom. The third-order valence-corrected chi connectivity index (χ3v) is 3.28. The van der Waals surface area contributed by atoms with E-state index in [-0.39, 0.29) is 0 Å². The van der Waals surface area contributed by atoms with Gasteiger partial charge in [-0.3, -0.25) is 0 Å². The molecule has 0 aliphatic heterocycles. The molecule has 114 valence electrons. The summed E-state index contributed by atoms with van der Waals surface area (Å²) in [6.07, 6.45) is 4.02. The first-order chi connectivity index (χ1) is 9.38. The van der Waals surface area contributed by atoms with Crippen LogP contribution in [0.5, 0.6) is 0 Å². The van der Waals surface area contributed by atoms with E-state index in [1.165, 1.54) is 12.8 Å². The van der Waals surface area contributed by atoms with E-state index in [1.807, 2.05) is 0 Å². The topological polar surface area (TPSA) is 49.0 Å². The van der Waals surface area contributed by atoms with Crippen LogP contribution in [0.4, 0.5) is 0 Å². The molecule has 0 amide bonds. The minimum Gasteiger partial charge on any atom is -0.382 e. The maximum atomic E-state index is 5.86. The third kappa shape index (κ3) is 7.84. The maximum Gasteiger partial charge on any atom is 0.0729 e. The van der Waals surface area contributed by atoms with Crippen molar-refractivity contribution in [3.63, 3.8) is 0 Å². The van der Waals surface area contributed by atoms with Crippen molar-refractivity contribution in [3.05, 3.63) is 0 Å². The van der Waals surface area contributed by atoms with Gasteiger partial charge in [0.1, 0.15) is 0 Å². The molecule has 0 saturated heterocycles. The second-order valence-corrected chi connectivity index (χ2v) is 4.72. The van der Waals surface area contributed by atoms with Crippen molar-refractivity contribution in [3.8, 4) is 0 Å². The predicted molar refractivity (Wildman–Crippen MR) is 74.6 cm³/mol. The molecule has 1 rings (SSSR count).